The van der Waals surface area contributed by atoms with Gasteiger partial charge in [0.05, 0.1) is 0 Å². The number of carbonyl (C=O) groups excluding carboxylic acids is 1. The molecule has 1 aliphatic heterocycles. The predicted octanol–water partition coefficient (Wildman–Crippen LogP) is 0.960. The van der Waals surface area contributed by atoms with Crippen molar-refractivity contribution in [3.63, 3.8) is 0 Å². The maximum Gasteiger partial charge on any atom is 0.238 e. The summed E-state index contributed by atoms with van der Waals surface area (Å²) in [7, 11) is 0. The Morgan fingerprint density at radius 2 is 2.24 bits per heavy atom. The van der Waals surface area contributed by atoms with Crippen LogP contribution < -0.4 is 11.1 Å². The molecule has 0 bridgehead atoms. The highest BCUT2D eigenvalue weighted by atomic mass is 16.1. The summed E-state index contributed by atoms with van der Waals surface area (Å²) in [5, 5.41) is 3.30. The first-order valence-corrected chi connectivity index (χ1v) is 6.63. The Morgan fingerprint density at radius 1 is 1.59 bits per heavy atom. The summed E-state index contributed by atoms with van der Waals surface area (Å²) in [6.07, 6.45) is 2.51. The molecule has 0 aromatic heterocycles. The summed E-state index contributed by atoms with van der Waals surface area (Å²) in [6, 6.07) is 0.259. The molecule has 3 N–H and O–H groups in total. The third-order valence-corrected chi connectivity index (χ3v) is 3.43. The third-order valence-electron chi connectivity index (χ3n) is 3.43. The standard InChI is InChI=1S/C13H27N3O/c1-10(2)15-13(4,12(14)17)9-16-7-5-6-11(3)8-16/h10-11,15H,5-9H2,1-4H3,(H2,14,17). The van der Waals surface area contributed by atoms with E-state index in [9.17, 15) is 4.79 Å². The van der Waals surface area contributed by atoms with Gasteiger partial charge in [0.2, 0.25) is 5.91 Å². The van der Waals surface area contributed by atoms with E-state index in [0.29, 0.717) is 6.54 Å². The van der Waals surface area contributed by atoms with Gasteiger partial charge in [0.15, 0.2) is 0 Å². The molecule has 2 unspecified atom stereocenters. The van der Waals surface area contributed by atoms with Gasteiger partial charge in [-0.1, -0.05) is 6.92 Å². The lowest BCUT2D eigenvalue weighted by atomic mass is 9.95. The van der Waals surface area contributed by atoms with Gasteiger partial charge in [-0.2, -0.15) is 0 Å². The van der Waals surface area contributed by atoms with Gasteiger partial charge in [0.1, 0.15) is 5.54 Å². The van der Waals surface area contributed by atoms with Crippen LogP contribution in [-0.4, -0.2) is 42.0 Å². The highest BCUT2D eigenvalue weighted by Gasteiger charge is 2.34. The topological polar surface area (TPSA) is 58.4 Å². The molecule has 0 radical (unpaired) electrons. The van der Waals surface area contributed by atoms with E-state index in [1.807, 2.05) is 20.8 Å². The molecule has 1 rings (SSSR count). The highest BCUT2D eigenvalue weighted by Crippen LogP contribution is 2.18. The van der Waals surface area contributed by atoms with Crippen molar-refractivity contribution in [1.82, 2.24) is 10.2 Å². The van der Waals surface area contributed by atoms with Crippen molar-refractivity contribution >= 4 is 5.91 Å². The summed E-state index contributed by atoms with van der Waals surface area (Å²) in [6.45, 7) is 11.1. The highest BCUT2D eigenvalue weighted by molar-refractivity contribution is 5.84. The Hall–Kier alpha value is -0.610. The van der Waals surface area contributed by atoms with E-state index in [1.165, 1.54) is 12.8 Å². The maximum atomic E-state index is 11.6. The number of nitrogens with two attached hydrogens (primary N) is 1. The zero-order chi connectivity index (χ0) is 13.1. The molecule has 1 fully saturated rings. The minimum absolute atomic E-state index is 0.259. The van der Waals surface area contributed by atoms with Crippen molar-refractivity contribution in [3.05, 3.63) is 0 Å². The molecule has 17 heavy (non-hydrogen) atoms. The van der Waals surface area contributed by atoms with Crippen LogP contribution in [0.3, 0.4) is 0 Å². The average molecular weight is 241 g/mol. The SMILES string of the molecule is CC1CCCN(CC(C)(NC(C)C)C(N)=O)C1. The Morgan fingerprint density at radius 3 is 2.71 bits per heavy atom. The molecule has 4 nitrogen and oxygen atoms in total. The molecule has 1 amide bonds. The van der Waals surface area contributed by atoms with Gasteiger partial charge in [-0.15, -0.1) is 0 Å². The molecular weight excluding hydrogens is 214 g/mol. The van der Waals surface area contributed by atoms with Crippen LogP contribution in [0.4, 0.5) is 0 Å². The minimum Gasteiger partial charge on any atom is -0.368 e. The van der Waals surface area contributed by atoms with Gasteiger partial charge in [0.25, 0.3) is 0 Å². The lowest BCUT2D eigenvalue weighted by Gasteiger charge is -2.38. The Balaban J connectivity index is 2.62. The lowest BCUT2D eigenvalue weighted by Crippen LogP contribution is -2.62. The summed E-state index contributed by atoms with van der Waals surface area (Å²) in [4.78, 5) is 14.0. The number of rotatable bonds is 5. The molecule has 1 aliphatic rings. The number of hydrogen-bond donors (Lipinski definition) is 2. The second kappa shape index (κ2) is 5.83. The van der Waals surface area contributed by atoms with E-state index in [4.69, 9.17) is 5.73 Å². The molecule has 2 atom stereocenters. The van der Waals surface area contributed by atoms with E-state index in [0.717, 1.165) is 19.0 Å². The second-order valence-corrected chi connectivity index (χ2v) is 5.98. The minimum atomic E-state index is -0.620. The first kappa shape index (κ1) is 14.5. The molecule has 0 saturated carbocycles. The summed E-state index contributed by atoms with van der Waals surface area (Å²) >= 11 is 0. The molecule has 0 aliphatic carbocycles. The van der Waals surface area contributed by atoms with Crippen LogP contribution in [0.5, 0.6) is 0 Å². The summed E-state index contributed by atoms with van der Waals surface area (Å²) in [5.74, 6) is 0.462. The van der Waals surface area contributed by atoms with Crippen LogP contribution in [0.25, 0.3) is 0 Å². The zero-order valence-electron chi connectivity index (χ0n) is 11.6. The van der Waals surface area contributed by atoms with Gasteiger partial charge in [0, 0.05) is 19.1 Å². The number of hydrogen-bond acceptors (Lipinski definition) is 3. The van der Waals surface area contributed by atoms with Crippen LogP contribution in [0, 0.1) is 5.92 Å². The van der Waals surface area contributed by atoms with Gasteiger partial charge in [-0.25, -0.2) is 0 Å². The number of primary amides is 1. The van der Waals surface area contributed by atoms with Crippen molar-refractivity contribution in [2.24, 2.45) is 11.7 Å². The van der Waals surface area contributed by atoms with Crippen LogP contribution in [-0.2, 0) is 4.79 Å². The van der Waals surface area contributed by atoms with Crippen molar-refractivity contribution < 1.29 is 4.79 Å². The Kier molecular flexibility index (Phi) is 4.95. The van der Waals surface area contributed by atoms with Crippen molar-refractivity contribution in [1.29, 1.82) is 0 Å². The van der Waals surface area contributed by atoms with Gasteiger partial charge in [-0.05, 0) is 46.1 Å². The van der Waals surface area contributed by atoms with Crippen molar-refractivity contribution in [3.8, 4) is 0 Å². The number of likely N-dealkylation sites (tertiary alicyclic amines) is 1. The Bertz CT molecular complexity index is 267. The quantitative estimate of drug-likeness (QED) is 0.754. The molecule has 1 saturated heterocycles. The van der Waals surface area contributed by atoms with Crippen LogP contribution in [0.2, 0.25) is 0 Å². The van der Waals surface area contributed by atoms with Gasteiger partial charge < -0.3 is 16.0 Å². The van der Waals surface area contributed by atoms with Crippen molar-refractivity contribution in [2.45, 2.75) is 52.1 Å². The summed E-state index contributed by atoms with van der Waals surface area (Å²) < 4.78 is 0. The number of nitrogens with one attached hydrogen (secondary N) is 1. The maximum absolute atomic E-state index is 11.6. The average Bonchev–Trinajstić information content (AvgIpc) is 2.15. The van der Waals surface area contributed by atoms with Gasteiger partial charge in [-0.3, -0.25) is 4.79 Å². The predicted molar refractivity (Wildman–Crippen MR) is 70.7 cm³/mol. The molecular formula is C13H27N3O. The van der Waals surface area contributed by atoms with Crippen LogP contribution in [0.1, 0.15) is 40.5 Å². The number of carbonyl (C=O) groups is 1. The summed E-state index contributed by atoms with van der Waals surface area (Å²) in [5.41, 5.74) is 4.92. The fraction of sp³-hybridized carbons (Fsp3) is 0.923. The first-order valence-electron chi connectivity index (χ1n) is 6.63. The van der Waals surface area contributed by atoms with E-state index in [2.05, 4.69) is 17.1 Å². The molecule has 100 valence electrons. The molecule has 0 aromatic carbocycles. The van der Waals surface area contributed by atoms with E-state index in [-0.39, 0.29) is 11.9 Å². The van der Waals surface area contributed by atoms with E-state index < -0.39 is 5.54 Å². The monoisotopic (exact) mass is 241 g/mol. The first-order chi connectivity index (χ1) is 7.83. The molecule has 0 aromatic rings. The molecule has 4 heteroatoms. The number of piperidine rings is 1. The lowest BCUT2D eigenvalue weighted by molar-refractivity contribution is -0.125. The van der Waals surface area contributed by atoms with E-state index >= 15 is 0 Å². The smallest absolute Gasteiger partial charge is 0.238 e. The number of amides is 1. The zero-order valence-corrected chi connectivity index (χ0v) is 11.6. The Labute approximate surface area is 105 Å². The third kappa shape index (κ3) is 4.28. The van der Waals surface area contributed by atoms with Crippen LogP contribution in [0.15, 0.2) is 0 Å². The fourth-order valence-corrected chi connectivity index (χ4v) is 2.71. The second-order valence-electron chi connectivity index (χ2n) is 5.98. The molecule has 0 spiro atoms. The fourth-order valence-electron chi connectivity index (χ4n) is 2.71. The normalized spacial score (nSPS) is 25.8. The largest absolute Gasteiger partial charge is 0.368 e. The number of nitrogens with zero attached hydrogens (tertiary/aromatic N) is 1. The molecule has 1 heterocycles. The van der Waals surface area contributed by atoms with Crippen molar-refractivity contribution in [2.75, 3.05) is 19.6 Å². The van der Waals surface area contributed by atoms with E-state index in [1.54, 1.807) is 0 Å². The van der Waals surface area contributed by atoms with Crippen LogP contribution >= 0.6 is 0 Å². The van der Waals surface area contributed by atoms with Gasteiger partial charge >= 0.3 is 0 Å².